The average Bonchev–Trinajstić information content (AvgIpc) is 2.52. The number of aliphatic hydroxyl groups is 1. The first-order valence-corrected chi connectivity index (χ1v) is 6.86. The number of hydrogen-bond donors (Lipinski definition) is 2. The molecule has 18 heavy (non-hydrogen) atoms. The summed E-state index contributed by atoms with van der Waals surface area (Å²) < 4.78 is 0. The van der Waals surface area contributed by atoms with Gasteiger partial charge in [0.25, 0.3) is 0 Å². The lowest BCUT2D eigenvalue weighted by Gasteiger charge is -2.33. The van der Waals surface area contributed by atoms with Crippen LogP contribution in [0.15, 0.2) is 29.3 Å². The number of rotatable bonds is 1. The first-order valence-electron chi connectivity index (χ1n) is 5.52. The van der Waals surface area contributed by atoms with Gasteiger partial charge >= 0.3 is 0 Å². The van der Waals surface area contributed by atoms with Crippen molar-refractivity contribution in [1.82, 2.24) is 5.01 Å². The van der Waals surface area contributed by atoms with Crippen LogP contribution in [0.1, 0.15) is 13.8 Å². The Morgan fingerprint density at radius 3 is 2.50 bits per heavy atom. The molecule has 1 heterocycles. The smallest absolute Gasteiger partial charge is 0.173 e. The molecular formula is C12H16ClN3OS. The van der Waals surface area contributed by atoms with Gasteiger partial charge in [0.15, 0.2) is 5.17 Å². The minimum Gasteiger partial charge on any atom is -0.362 e. The van der Waals surface area contributed by atoms with Gasteiger partial charge in [-0.15, -0.1) is 11.4 Å². The van der Waals surface area contributed by atoms with Crippen molar-refractivity contribution in [1.29, 1.82) is 0 Å². The van der Waals surface area contributed by atoms with Gasteiger partial charge in [0, 0.05) is 12.1 Å². The molecule has 0 fully saturated rings. The second-order valence-corrected chi connectivity index (χ2v) is 5.79. The fourth-order valence-electron chi connectivity index (χ4n) is 1.75. The maximum absolute atomic E-state index is 9.01. The van der Waals surface area contributed by atoms with Gasteiger partial charge in [-0.25, -0.2) is 4.99 Å². The van der Waals surface area contributed by atoms with Crippen LogP contribution in [0.25, 0.3) is 0 Å². The fraction of sp³-hybridized carbons (Fsp3) is 0.333. The lowest BCUT2D eigenvalue weighted by Crippen LogP contribution is -2.46. The van der Waals surface area contributed by atoms with E-state index < -0.39 is 0 Å². The van der Waals surface area contributed by atoms with Gasteiger partial charge in [0.05, 0.1) is 11.2 Å². The van der Waals surface area contributed by atoms with Crippen molar-refractivity contribution in [2.45, 2.75) is 19.5 Å². The van der Waals surface area contributed by atoms with Crippen molar-refractivity contribution in [3.8, 4) is 0 Å². The molecule has 0 atom stereocenters. The van der Waals surface area contributed by atoms with E-state index in [0.29, 0.717) is 16.4 Å². The quantitative estimate of drug-likeness (QED) is 0.616. The summed E-state index contributed by atoms with van der Waals surface area (Å²) in [6.07, 6.45) is 0. The summed E-state index contributed by atoms with van der Waals surface area (Å²) in [6.45, 7) is 4.05. The van der Waals surface area contributed by atoms with Crippen LogP contribution in [-0.2, 0) is 0 Å². The predicted octanol–water partition coefficient (Wildman–Crippen LogP) is 2.88. The second-order valence-electron chi connectivity index (χ2n) is 4.46. The predicted molar refractivity (Wildman–Crippen MR) is 80.9 cm³/mol. The van der Waals surface area contributed by atoms with Crippen molar-refractivity contribution >= 4 is 39.4 Å². The molecule has 2 rings (SSSR count). The molecule has 0 bridgehead atoms. The number of aliphatic hydroxyl groups excluding tert-OH is 1. The summed E-state index contributed by atoms with van der Waals surface area (Å²) >= 11 is 6.57. The third-order valence-electron chi connectivity index (χ3n) is 2.90. The normalized spacial score (nSPS) is 20.1. The summed E-state index contributed by atoms with van der Waals surface area (Å²) in [5.41, 5.74) is 1.74. The molecule has 0 aliphatic carbocycles. The van der Waals surface area contributed by atoms with Crippen molar-refractivity contribution < 1.29 is 5.11 Å². The second kappa shape index (κ2) is 5.01. The number of nitrogens with zero attached hydrogens (tertiary/aromatic N) is 3. The van der Waals surface area contributed by atoms with Gasteiger partial charge in [0.2, 0.25) is 0 Å². The van der Waals surface area contributed by atoms with Gasteiger partial charge < -0.3 is 5.11 Å². The summed E-state index contributed by atoms with van der Waals surface area (Å²) in [4.78, 5) is 4.60. The largest absolute Gasteiger partial charge is 0.362 e. The van der Waals surface area contributed by atoms with Gasteiger partial charge in [0.1, 0.15) is 5.66 Å². The zero-order valence-electron chi connectivity index (χ0n) is 10.5. The van der Waals surface area contributed by atoms with Gasteiger partial charge in [-0.3, -0.25) is 5.01 Å². The van der Waals surface area contributed by atoms with Crippen LogP contribution in [0.4, 0.5) is 5.69 Å². The zero-order chi connectivity index (χ0) is 13.3. The van der Waals surface area contributed by atoms with Crippen LogP contribution in [0, 0.1) is 0 Å². The van der Waals surface area contributed by atoms with E-state index in [0.717, 1.165) is 16.4 Å². The summed E-state index contributed by atoms with van der Waals surface area (Å²) in [5.74, 6) is 0. The van der Waals surface area contributed by atoms with Crippen LogP contribution >= 0.6 is 23.0 Å². The zero-order valence-corrected chi connectivity index (χ0v) is 12.2. The third kappa shape index (κ3) is 2.44. The molecule has 0 unspecified atom stereocenters. The van der Waals surface area contributed by atoms with E-state index in [2.05, 4.69) is 4.99 Å². The van der Waals surface area contributed by atoms with E-state index in [9.17, 15) is 0 Å². The Balaban J connectivity index is 2.42. The van der Waals surface area contributed by atoms with Gasteiger partial charge in [-0.2, -0.15) is 5.01 Å². The van der Waals surface area contributed by atoms with Crippen molar-refractivity contribution in [2.75, 3.05) is 12.1 Å². The lowest BCUT2D eigenvalue weighted by molar-refractivity contribution is 0.195. The number of hydrogen-bond acceptors (Lipinski definition) is 3. The minimum atomic E-state index is -0.328. The van der Waals surface area contributed by atoms with Crippen molar-refractivity contribution in [3.05, 3.63) is 29.3 Å². The average molecular weight is 286 g/mol. The van der Waals surface area contributed by atoms with E-state index in [1.54, 1.807) is 0 Å². The van der Waals surface area contributed by atoms with Gasteiger partial charge in [-0.1, -0.05) is 11.6 Å². The first-order chi connectivity index (χ1) is 8.45. The standard InChI is InChI=1S/C12H16ClN3OS/c1-12(2)14-11(18-8-17)16(15(12)3)10-6-4-9(13)5-7-10/h4-8,17-18H,1-3H3. The first kappa shape index (κ1) is 13.5. The Morgan fingerprint density at radius 1 is 1.33 bits per heavy atom. The molecule has 0 spiro atoms. The summed E-state index contributed by atoms with van der Waals surface area (Å²) in [6, 6.07) is 7.55. The fourth-order valence-corrected chi connectivity index (χ4v) is 2.64. The van der Waals surface area contributed by atoms with Crippen LogP contribution in [0.3, 0.4) is 0 Å². The highest BCUT2D eigenvalue weighted by molar-refractivity contribution is 8.12. The molecule has 1 aromatic carbocycles. The van der Waals surface area contributed by atoms with Crippen LogP contribution in [0.5, 0.6) is 0 Å². The Labute approximate surface area is 115 Å². The molecule has 6 heteroatoms. The molecular weight excluding hydrogens is 270 g/mol. The highest BCUT2D eigenvalue weighted by atomic mass is 35.5. The number of thiol groups is 1. The van der Waals surface area contributed by atoms with Crippen molar-refractivity contribution in [3.63, 3.8) is 0 Å². The summed E-state index contributed by atoms with van der Waals surface area (Å²) in [5, 5.41) is 14.5. The number of anilines is 1. The van der Waals surface area contributed by atoms with Crippen LogP contribution in [0.2, 0.25) is 5.02 Å². The van der Waals surface area contributed by atoms with Crippen LogP contribution < -0.4 is 5.01 Å². The Hall–Kier alpha value is -0.880. The van der Waals surface area contributed by atoms with E-state index in [1.807, 2.05) is 55.2 Å². The topological polar surface area (TPSA) is 39.1 Å². The minimum absolute atomic E-state index is 0.328. The molecule has 0 radical (unpaired) electrons. The highest BCUT2D eigenvalue weighted by Gasteiger charge is 2.36. The molecule has 0 aromatic heterocycles. The molecule has 1 N–H and O–H groups in total. The molecule has 1 aliphatic rings. The molecule has 4 nitrogen and oxygen atoms in total. The van der Waals surface area contributed by atoms with Crippen molar-refractivity contribution in [2.24, 2.45) is 4.99 Å². The number of aliphatic imine (C=N–C) groups is 1. The number of hydrazine groups is 1. The number of halogens is 1. The highest BCUT2D eigenvalue weighted by Crippen LogP contribution is 2.32. The Kier molecular flexibility index (Phi) is 3.77. The molecule has 0 saturated heterocycles. The van der Waals surface area contributed by atoms with E-state index >= 15 is 0 Å². The maximum Gasteiger partial charge on any atom is 0.173 e. The number of amidine groups is 1. The number of benzene rings is 1. The molecule has 1 aromatic rings. The van der Waals surface area contributed by atoms with E-state index in [4.69, 9.17) is 16.7 Å². The Bertz CT molecular complexity index is 499. The molecule has 1 aliphatic heterocycles. The molecule has 98 valence electrons. The van der Waals surface area contributed by atoms with Gasteiger partial charge in [-0.05, 0) is 38.1 Å². The molecule has 0 saturated carbocycles. The van der Waals surface area contributed by atoms with E-state index in [1.165, 1.54) is 0 Å². The third-order valence-corrected chi connectivity index (χ3v) is 3.79. The summed E-state index contributed by atoms with van der Waals surface area (Å²) in [7, 11) is 1.97. The molecule has 0 amide bonds. The Morgan fingerprint density at radius 2 is 1.94 bits per heavy atom. The monoisotopic (exact) mass is 285 g/mol. The SMILES string of the molecule is CN1N(c2ccc(Cl)cc2)C([SH]=CO)=NC1(C)C. The lowest BCUT2D eigenvalue weighted by atomic mass is 10.2. The van der Waals surface area contributed by atoms with Crippen LogP contribution in [-0.4, -0.2) is 33.5 Å². The maximum atomic E-state index is 9.01. The van der Waals surface area contributed by atoms with E-state index in [-0.39, 0.29) is 5.66 Å².